The molecular weight excluding hydrogens is 498 g/mol. The van der Waals surface area contributed by atoms with Gasteiger partial charge in [-0.1, -0.05) is 124 Å². The van der Waals surface area contributed by atoms with E-state index in [4.69, 9.17) is 9.47 Å². The van der Waals surface area contributed by atoms with Crippen LogP contribution in [-0.4, -0.2) is 50.2 Å². The van der Waals surface area contributed by atoms with E-state index in [-0.39, 0.29) is 24.6 Å². The Morgan fingerprint density at radius 1 is 0.575 bits per heavy atom. The topological polar surface area (TPSA) is 55.8 Å². The summed E-state index contributed by atoms with van der Waals surface area (Å²) >= 11 is 0. The molecular formula is C35H69NO4. The molecule has 5 nitrogen and oxygen atoms in total. The number of unbranched alkanes of at least 4 members (excludes halogenated alkanes) is 15. The van der Waals surface area contributed by atoms with Crippen LogP contribution in [-0.2, 0) is 19.1 Å². The summed E-state index contributed by atoms with van der Waals surface area (Å²) in [5.74, 6) is 0.150. The first-order chi connectivity index (χ1) is 19.4. The van der Waals surface area contributed by atoms with Gasteiger partial charge in [0.1, 0.15) is 12.7 Å². The molecule has 0 aromatic rings. The molecule has 5 heteroatoms. The summed E-state index contributed by atoms with van der Waals surface area (Å²) in [6.07, 6.45) is 26.6. The van der Waals surface area contributed by atoms with Crippen LogP contribution in [0.5, 0.6) is 0 Å². The van der Waals surface area contributed by atoms with Crippen LogP contribution in [0.15, 0.2) is 0 Å². The van der Waals surface area contributed by atoms with E-state index in [9.17, 15) is 9.59 Å². The highest BCUT2D eigenvalue weighted by Crippen LogP contribution is 2.22. The highest BCUT2D eigenvalue weighted by Gasteiger charge is 2.19. The zero-order chi connectivity index (χ0) is 29.7. The number of hydrogen-bond donors (Lipinski definition) is 0. The maximum Gasteiger partial charge on any atom is 0.306 e. The van der Waals surface area contributed by atoms with E-state index in [0.29, 0.717) is 18.8 Å². The third-order valence-electron chi connectivity index (χ3n) is 7.98. The Morgan fingerprint density at radius 2 is 1.05 bits per heavy atom. The van der Waals surface area contributed by atoms with Crippen LogP contribution in [0.3, 0.4) is 0 Å². The van der Waals surface area contributed by atoms with Crippen molar-refractivity contribution in [2.45, 2.75) is 181 Å². The van der Waals surface area contributed by atoms with Gasteiger partial charge in [0.15, 0.2) is 0 Å². The summed E-state index contributed by atoms with van der Waals surface area (Å²) in [7, 11) is 4.15. The maximum absolute atomic E-state index is 12.8. The standard InChI is InChI=1S/C35H69NO4/c1-6-9-12-13-14-15-16-17-18-22-27-33(40-34(37)28-23-19-24-29-36(4)5)31-39-35(38)30-32(25-20-10-7-2)26-21-11-8-3/h32-33H,6-31H2,1-5H3. The van der Waals surface area contributed by atoms with E-state index in [1.807, 2.05) is 0 Å². The average molecular weight is 568 g/mol. The number of esters is 2. The Kier molecular flexibility index (Phi) is 28.6. The van der Waals surface area contributed by atoms with Gasteiger partial charge in [0, 0.05) is 12.8 Å². The monoisotopic (exact) mass is 568 g/mol. The molecule has 0 rings (SSSR count). The molecule has 0 heterocycles. The van der Waals surface area contributed by atoms with Crippen LogP contribution in [0.4, 0.5) is 0 Å². The van der Waals surface area contributed by atoms with Crippen LogP contribution in [0.2, 0.25) is 0 Å². The van der Waals surface area contributed by atoms with Crippen LogP contribution >= 0.6 is 0 Å². The van der Waals surface area contributed by atoms with E-state index in [1.54, 1.807) is 0 Å². The molecule has 0 aromatic heterocycles. The second-order valence-corrected chi connectivity index (χ2v) is 12.4. The van der Waals surface area contributed by atoms with Crippen LogP contribution in [0.1, 0.15) is 175 Å². The van der Waals surface area contributed by atoms with Crippen molar-refractivity contribution in [3.8, 4) is 0 Å². The van der Waals surface area contributed by atoms with Gasteiger partial charge in [-0.25, -0.2) is 0 Å². The van der Waals surface area contributed by atoms with Gasteiger partial charge in [-0.05, 0) is 65.1 Å². The smallest absolute Gasteiger partial charge is 0.306 e. The van der Waals surface area contributed by atoms with Crippen molar-refractivity contribution in [1.82, 2.24) is 4.90 Å². The third-order valence-corrected chi connectivity index (χ3v) is 7.98. The number of carbonyl (C=O) groups excluding carboxylic acids is 2. The van der Waals surface area contributed by atoms with Crippen molar-refractivity contribution in [2.24, 2.45) is 5.92 Å². The van der Waals surface area contributed by atoms with E-state index in [2.05, 4.69) is 39.8 Å². The minimum Gasteiger partial charge on any atom is -0.462 e. The number of nitrogens with zero attached hydrogens (tertiary/aromatic N) is 1. The molecule has 1 unspecified atom stereocenters. The lowest BCUT2D eigenvalue weighted by Gasteiger charge is -2.20. The molecule has 0 fully saturated rings. The molecule has 0 amide bonds. The average Bonchev–Trinajstić information content (AvgIpc) is 2.92. The first-order valence-corrected chi connectivity index (χ1v) is 17.4. The number of ether oxygens (including phenoxy) is 2. The van der Waals surface area contributed by atoms with E-state index < -0.39 is 0 Å². The lowest BCUT2D eigenvalue weighted by Crippen LogP contribution is -2.26. The second-order valence-electron chi connectivity index (χ2n) is 12.4. The van der Waals surface area contributed by atoms with E-state index in [0.717, 1.165) is 57.9 Å². The van der Waals surface area contributed by atoms with E-state index >= 15 is 0 Å². The number of carbonyl (C=O) groups is 2. The Balaban J connectivity index is 4.59. The molecule has 0 aromatic carbocycles. The van der Waals surface area contributed by atoms with Crippen molar-refractivity contribution in [1.29, 1.82) is 0 Å². The molecule has 0 aliphatic heterocycles. The third kappa shape index (κ3) is 27.1. The second kappa shape index (κ2) is 29.4. The van der Waals surface area contributed by atoms with Gasteiger partial charge < -0.3 is 14.4 Å². The molecule has 0 radical (unpaired) electrons. The molecule has 0 saturated heterocycles. The molecule has 0 aliphatic rings. The van der Waals surface area contributed by atoms with Gasteiger partial charge in [-0.15, -0.1) is 0 Å². The normalized spacial score (nSPS) is 12.3. The lowest BCUT2D eigenvalue weighted by atomic mass is 9.92. The Morgan fingerprint density at radius 3 is 1.60 bits per heavy atom. The first-order valence-electron chi connectivity index (χ1n) is 17.4. The molecule has 0 N–H and O–H groups in total. The largest absolute Gasteiger partial charge is 0.462 e. The summed E-state index contributed by atoms with van der Waals surface area (Å²) in [5, 5.41) is 0. The predicted octanol–water partition coefficient (Wildman–Crippen LogP) is 10.0. The first kappa shape index (κ1) is 38.9. The molecule has 0 saturated carbocycles. The molecule has 0 spiro atoms. The molecule has 1 atom stereocenters. The number of rotatable bonds is 30. The van der Waals surface area contributed by atoms with Crippen molar-refractivity contribution in [3.63, 3.8) is 0 Å². The zero-order valence-electron chi connectivity index (χ0n) is 27.6. The Hall–Kier alpha value is -1.10. The fourth-order valence-corrected chi connectivity index (χ4v) is 5.35. The number of hydrogen-bond acceptors (Lipinski definition) is 5. The highest BCUT2D eigenvalue weighted by molar-refractivity contribution is 5.70. The fraction of sp³-hybridized carbons (Fsp3) is 0.943. The Labute approximate surface area is 249 Å². The van der Waals surface area contributed by atoms with E-state index in [1.165, 1.54) is 89.9 Å². The molecule has 40 heavy (non-hydrogen) atoms. The van der Waals surface area contributed by atoms with Crippen molar-refractivity contribution >= 4 is 11.9 Å². The quantitative estimate of drug-likeness (QED) is 0.0638. The molecule has 0 aliphatic carbocycles. The van der Waals surface area contributed by atoms with Gasteiger partial charge in [0.05, 0.1) is 0 Å². The summed E-state index contributed by atoms with van der Waals surface area (Å²) in [6, 6.07) is 0. The SMILES string of the molecule is CCCCCCCCCCCCC(COC(=O)CC(CCCCC)CCCCC)OC(=O)CCCCCN(C)C. The van der Waals surface area contributed by atoms with Crippen LogP contribution in [0, 0.1) is 5.92 Å². The van der Waals surface area contributed by atoms with Crippen molar-refractivity contribution < 1.29 is 19.1 Å². The van der Waals surface area contributed by atoms with Crippen molar-refractivity contribution in [3.05, 3.63) is 0 Å². The van der Waals surface area contributed by atoms with Gasteiger partial charge >= 0.3 is 11.9 Å². The summed E-state index contributed by atoms with van der Waals surface area (Å²) in [5.41, 5.74) is 0. The zero-order valence-corrected chi connectivity index (χ0v) is 27.6. The summed E-state index contributed by atoms with van der Waals surface area (Å²) < 4.78 is 11.6. The van der Waals surface area contributed by atoms with Gasteiger partial charge in [0.25, 0.3) is 0 Å². The highest BCUT2D eigenvalue weighted by atomic mass is 16.6. The minimum absolute atomic E-state index is 0.120. The molecule has 0 bridgehead atoms. The predicted molar refractivity (Wildman–Crippen MR) is 171 cm³/mol. The summed E-state index contributed by atoms with van der Waals surface area (Å²) in [4.78, 5) is 27.5. The fourth-order valence-electron chi connectivity index (χ4n) is 5.35. The summed E-state index contributed by atoms with van der Waals surface area (Å²) in [6.45, 7) is 7.96. The molecule has 238 valence electrons. The maximum atomic E-state index is 12.8. The van der Waals surface area contributed by atoms with Gasteiger partial charge in [0.2, 0.25) is 0 Å². The van der Waals surface area contributed by atoms with Crippen molar-refractivity contribution in [2.75, 3.05) is 27.2 Å². The minimum atomic E-state index is -0.314. The van der Waals surface area contributed by atoms with Crippen LogP contribution in [0.25, 0.3) is 0 Å². The Bertz CT molecular complexity index is 556. The van der Waals surface area contributed by atoms with Crippen LogP contribution < -0.4 is 0 Å². The lowest BCUT2D eigenvalue weighted by molar-refractivity contribution is -0.160. The van der Waals surface area contributed by atoms with Gasteiger partial charge in [-0.3, -0.25) is 9.59 Å². The van der Waals surface area contributed by atoms with Gasteiger partial charge in [-0.2, -0.15) is 0 Å².